The average Bonchev–Trinajstić information content (AvgIpc) is 2.81. The van der Waals surface area contributed by atoms with Crippen molar-refractivity contribution in [1.29, 1.82) is 0 Å². The maximum atomic E-state index is 12.1. The van der Waals surface area contributed by atoms with Crippen LogP contribution in [0.5, 0.6) is 0 Å². The fraction of sp³-hybridized carbons (Fsp3) is 0.167. The van der Waals surface area contributed by atoms with Crippen molar-refractivity contribution in [3.63, 3.8) is 0 Å². The molecule has 112 valence electrons. The maximum absolute atomic E-state index is 12.1. The molecule has 0 aliphatic rings. The Balaban J connectivity index is 2.18. The molecular formula is C12H11BrN2O5S. The Morgan fingerprint density at radius 1 is 1.48 bits per heavy atom. The van der Waals surface area contributed by atoms with E-state index in [-0.39, 0.29) is 16.1 Å². The number of rotatable bonds is 5. The summed E-state index contributed by atoms with van der Waals surface area (Å²) in [7, 11) is -3.89. The summed E-state index contributed by atoms with van der Waals surface area (Å²) in [5, 5.41) is 8.78. The molecule has 2 heterocycles. The van der Waals surface area contributed by atoms with E-state index >= 15 is 0 Å². The molecule has 0 atom stereocenters. The first-order chi connectivity index (χ1) is 9.79. The lowest BCUT2D eigenvalue weighted by Gasteiger charge is -2.05. The summed E-state index contributed by atoms with van der Waals surface area (Å²) in [6.45, 7) is 1.86. The van der Waals surface area contributed by atoms with Crippen LogP contribution in [0.4, 0.5) is 0 Å². The molecule has 2 N–H and O–H groups in total. The van der Waals surface area contributed by atoms with Crippen molar-refractivity contribution in [3.8, 4) is 0 Å². The standard InChI is InChI=1S/C12H11BrN2O5S/c1-7-2-3-8(5-14-7)6-15-21(18,19)10-4-9(12(16)17)20-11(10)13/h2-5,15H,6H2,1H3,(H,16,17). The zero-order valence-corrected chi connectivity index (χ0v) is 13.2. The third-order valence-corrected chi connectivity index (χ3v) is 4.85. The highest BCUT2D eigenvalue weighted by molar-refractivity contribution is 9.10. The zero-order chi connectivity index (χ0) is 15.6. The highest BCUT2D eigenvalue weighted by atomic mass is 79.9. The molecule has 0 saturated heterocycles. The first-order valence-electron chi connectivity index (χ1n) is 5.73. The molecule has 0 fully saturated rings. The van der Waals surface area contributed by atoms with Crippen LogP contribution in [-0.4, -0.2) is 24.5 Å². The summed E-state index contributed by atoms with van der Waals surface area (Å²) in [6.07, 6.45) is 1.56. The summed E-state index contributed by atoms with van der Waals surface area (Å²) in [6, 6.07) is 4.46. The van der Waals surface area contributed by atoms with Crippen LogP contribution in [0.1, 0.15) is 21.8 Å². The summed E-state index contributed by atoms with van der Waals surface area (Å²) in [5.74, 6) is -1.81. The van der Waals surface area contributed by atoms with Crippen LogP contribution in [0.25, 0.3) is 0 Å². The number of halogens is 1. The fourth-order valence-corrected chi connectivity index (χ4v) is 3.46. The lowest BCUT2D eigenvalue weighted by molar-refractivity contribution is 0.0661. The minimum Gasteiger partial charge on any atom is -0.475 e. The Hall–Kier alpha value is -1.71. The van der Waals surface area contributed by atoms with Crippen molar-refractivity contribution in [2.24, 2.45) is 0 Å². The van der Waals surface area contributed by atoms with Gasteiger partial charge in [-0.3, -0.25) is 4.98 Å². The van der Waals surface area contributed by atoms with Gasteiger partial charge >= 0.3 is 5.97 Å². The molecule has 0 spiro atoms. The fourth-order valence-electron chi connectivity index (χ4n) is 1.50. The predicted octanol–water partition coefficient (Wildman–Crippen LogP) is 1.92. The van der Waals surface area contributed by atoms with E-state index in [1.165, 1.54) is 0 Å². The van der Waals surface area contributed by atoms with Gasteiger partial charge in [0.05, 0.1) is 0 Å². The van der Waals surface area contributed by atoms with Crippen molar-refractivity contribution in [2.75, 3.05) is 0 Å². The maximum Gasteiger partial charge on any atom is 0.371 e. The summed E-state index contributed by atoms with van der Waals surface area (Å²) >= 11 is 2.90. The van der Waals surface area contributed by atoms with Gasteiger partial charge in [-0.05, 0) is 34.5 Å². The molecule has 0 aliphatic heterocycles. The van der Waals surface area contributed by atoms with Gasteiger partial charge in [-0.2, -0.15) is 0 Å². The molecule has 7 nitrogen and oxygen atoms in total. The third kappa shape index (κ3) is 3.69. The zero-order valence-electron chi connectivity index (χ0n) is 10.8. The van der Waals surface area contributed by atoms with E-state index < -0.39 is 21.8 Å². The molecule has 21 heavy (non-hydrogen) atoms. The van der Waals surface area contributed by atoms with Crippen molar-refractivity contribution >= 4 is 31.9 Å². The number of carbonyl (C=O) groups is 1. The molecule has 0 amide bonds. The van der Waals surface area contributed by atoms with Gasteiger partial charge in [0.25, 0.3) is 0 Å². The number of hydrogen-bond acceptors (Lipinski definition) is 5. The SMILES string of the molecule is Cc1ccc(CNS(=O)(=O)c2cc(C(=O)O)oc2Br)cn1. The average molecular weight is 375 g/mol. The summed E-state index contributed by atoms with van der Waals surface area (Å²) < 4.78 is 31.2. The molecule has 0 aromatic carbocycles. The first-order valence-corrected chi connectivity index (χ1v) is 8.01. The molecule has 9 heteroatoms. The number of nitrogens with one attached hydrogen (secondary N) is 1. The van der Waals surface area contributed by atoms with Crippen molar-refractivity contribution in [1.82, 2.24) is 9.71 Å². The van der Waals surface area contributed by atoms with Gasteiger partial charge in [-0.25, -0.2) is 17.9 Å². The second-order valence-corrected chi connectivity index (χ2v) is 6.64. The third-order valence-electron chi connectivity index (χ3n) is 2.59. The van der Waals surface area contributed by atoms with Gasteiger partial charge in [0.15, 0.2) is 4.67 Å². The molecule has 0 saturated carbocycles. The lowest BCUT2D eigenvalue weighted by Crippen LogP contribution is -2.23. The number of pyridine rings is 1. The predicted molar refractivity (Wildman–Crippen MR) is 76.4 cm³/mol. The van der Waals surface area contributed by atoms with Crippen LogP contribution in [-0.2, 0) is 16.6 Å². The van der Waals surface area contributed by atoms with Crippen LogP contribution in [0, 0.1) is 6.92 Å². The molecular weight excluding hydrogens is 364 g/mol. The van der Waals surface area contributed by atoms with Gasteiger partial charge in [0.2, 0.25) is 15.8 Å². The number of furan rings is 1. The number of nitrogens with zero attached hydrogens (tertiary/aromatic N) is 1. The van der Waals surface area contributed by atoms with Gasteiger partial charge in [-0.15, -0.1) is 0 Å². The smallest absolute Gasteiger partial charge is 0.371 e. The second-order valence-electron chi connectivity index (χ2n) is 4.19. The van der Waals surface area contributed by atoms with Crippen LogP contribution in [0.3, 0.4) is 0 Å². The first kappa shape index (κ1) is 15.7. The van der Waals surface area contributed by atoms with Gasteiger partial charge in [0, 0.05) is 24.5 Å². The molecule has 2 aromatic heterocycles. The Kier molecular flexibility index (Phi) is 4.45. The van der Waals surface area contributed by atoms with E-state index in [4.69, 9.17) is 9.52 Å². The number of aryl methyl sites for hydroxylation is 1. The number of carboxylic acids is 1. The van der Waals surface area contributed by atoms with E-state index in [0.717, 1.165) is 11.8 Å². The van der Waals surface area contributed by atoms with Crippen LogP contribution in [0.15, 0.2) is 38.4 Å². The number of aromatic carboxylic acids is 1. The van der Waals surface area contributed by atoms with Crippen LogP contribution < -0.4 is 4.72 Å². The second kappa shape index (κ2) is 5.96. The Morgan fingerprint density at radius 3 is 2.71 bits per heavy atom. The highest BCUT2D eigenvalue weighted by Crippen LogP contribution is 2.26. The highest BCUT2D eigenvalue weighted by Gasteiger charge is 2.24. The Morgan fingerprint density at radius 2 is 2.19 bits per heavy atom. The van der Waals surface area contributed by atoms with E-state index in [2.05, 4.69) is 25.6 Å². The van der Waals surface area contributed by atoms with E-state index in [1.54, 1.807) is 18.3 Å². The summed E-state index contributed by atoms with van der Waals surface area (Å²) in [5.41, 5.74) is 1.51. The van der Waals surface area contributed by atoms with Gasteiger partial charge in [0.1, 0.15) is 4.90 Å². The molecule has 0 radical (unpaired) electrons. The van der Waals surface area contributed by atoms with E-state index in [1.807, 2.05) is 6.92 Å². The topological polar surface area (TPSA) is 110 Å². The number of sulfonamides is 1. The van der Waals surface area contributed by atoms with E-state index in [9.17, 15) is 13.2 Å². The monoisotopic (exact) mass is 374 g/mol. The molecule has 0 bridgehead atoms. The number of carboxylic acid groups (broad SMARTS) is 1. The number of hydrogen-bond donors (Lipinski definition) is 2. The minimum atomic E-state index is -3.89. The van der Waals surface area contributed by atoms with Crippen LogP contribution >= 0.6 is 15.9 Å². The normalized spacial score (nSPS) is 11.5. The lowest BCUT2D eigenvalue weighted by atomic mass is 10.2. The van der Waals surface area contributed by atoms with Crippen molar-refractivity contribution in [2.45, 2.75) is 18.4 Å². The van der Waals surface area contributed by atoms with E-state index in [0.29, 0.717) is 5.56 Å². The van der Waals surface area contributed by atoms with Crippen LogP contribution in [0.2, 0.25) is 0 Å². The Labute approximate surface area is 129 Å². The molecule has 0 unspecified atom stereocenters. The molecule has 2 aromatic rings. The van der Waals surface area contributed by atoms with Gasteiger partial charge < -0.3 is 9.52 Å². The quantitative estimate of drug-likeness (QED) is 0.827. The molecule has 0 aliphatic carbocycles. The van der Waals surface area contributed by atoms with Gasteiger partial charge in [-0.1, -0.05) is 6.07 Å². The number of aromatic nitrogens is 1. The van der Waals surface area contributed by atoms with Crippen molar-refractivity contribution < 1.29 is 22.7 Å². The minimum absolute atomic E-state index is 0.0373. The summed E-state index contributed by atoms with van der Waals surface area (Å²) in [4.78, 5) is 14.6. The van der Waals surface area contributed by atoms with Crippen molar-refractivity contribution in [3.05, 3.63) is 46.1 Å². The molecule has 2 rings (SSSR count). The largest absolute Gasteiger partial charge is 0.475 e. The Bertz CT molecular complexity index is 767.